The molecule has 2 amide bonds. The van der Waals surface area contributed by atoms with Crippen LogP contribution in [-0.4, -0.2) is 38.1 Å². The lowest BCUT2D eigenvalue weighted by Crippen LogP contribution is -2.43. The summed E-state index contributed by atoms with van der Waals surface area (Å²) in [6.45, 7) is 7.72. The van der Waals surface area contributed by atoms with E-state index in [9.17, 15) is 9.59 Å². The summed E-state index contributed by atoms with van der Waals surface area (Å²) in [6, 6.07) is 0. The number of hydrogen-bond donors (Lipinski definition) is 2. The van der Waals surface area contributed by atoms with Crippen LogP contribution in [0.5, 0.6) is 0 Å². The Kier molecular flexibility index (Phi) is 6.32. The molecule has 106 valence electrons. The van der Waals surface area contributed by atoms with Crippen molar-refractivity contribution >= 4 is 11.8 Å². The first-order chi connectivity index (χ1) is 8.17. The van der Waals surface area contributed by atoms with Gasteiger partial charge in [0, 0.05) is 26.1 Å². The third-order valence-electron chi connectivity index (χ3n) is 3.02. The molecule has 0 atom stereocenters. The van der Waals surface area contributed by atoms with Crippen LogP contribution in [-0.2, 0) is 14.3 Å². The van der Waals surface area contributed by atoms with E-state index in [1.165, 1.54) is 0 Å². The number of carbonyl (C=O) groups excluding carboxylic acids is 2. The van der Waals surface area contributed by atoms with Gasteiger partial charge in [0.25, 0.3) is 5.91 Å². The van der Waals surface area contributed by atoms with Crippen molar-refractivity contribution in [2.24, 2.45) is 5.41 Å². The van der Waals surface area contributed by atoms with Crippen LogP contribution >= 0.6 is 0 Å². The molecule has 0 aliphatic heterocycles. The second kappa shape index (κ2) is 6.73. The molecule has 0 aliphatic rings. The molecular formula is C13H26N2O3. The van der Waals surface area contributed by atoms with Gasteiger partial charge in [-0.2, -0.15) is 0 Å². The van der Waals surface area contributed by atoms with Gasteiger partial charge in [-0.25, -0.2) is 0 Å². The largest absolute Gasteiger partial charge is 0.366 e. The second-order valence-corrected chi connectivity index (χ2v) is 5.50. The molecule has 0 unspecified atom stereocenters. The molecule has 0 spiro atoms. The predicted molar refractivity (Wildman–Crippen MR) is 71.2 cm³/mol. The van der Waals surface area contributed by atoms with Crippen molar-refractivity contribution in [2.75, 3.05) is 20.7 Å². The molecule has 0 heterocycles. The summed E-state index contributed by atoms with van der Waals surface area (Å²) in [6.07, 6.45) is 1.46. The number of hydrogen-bond acceptors (Lipinski definition) is 3. The normalized spacial score (nSPS) is 12.1. The minimum Gasteiger partial charge on any atom is -0.366 e. The van der Waals surface area contributed by atoms with E-state index < -0.39 is 11.0 Å². The van der Waals surface area contributed by atoms with Gasteiger partial charge in [-0.05, 0) is 26.7 Å². The van der Waals surface area contributed by atoms with Crippen LogP contribution in [0.1, 0.15) is 40.5 Å². The Morgan fingerprint density at radius 2 is 1.50 bits per heavy atom. The fourth-order valence-electron chi connectivity index (χ4n) is 1.66. The summed E-state index contributed by atoms with van der Waals surface area (Å²) >= 11 is 0. The number of carbonyl (C=O) groups is 2. The maximum Gasteiger partial charge on any atom is 0.251 e. The van der Waals surface area contributed by atoms with Gasteiger partial charge >= 0.3 is 0 Å². The minimum atomic E-state index is -0.827. The van der Waals surface area contributed by atoms with E-state index in [0.29, 0.717) is 6.61 Å². The topological polar surface area (TPSA) is 67.4 Å². The summed E-state index contributed by atoms with van der Waals surface area (Å²) in [5.74, 6) is -0.124. The summed E-state index contributed by atoms with van der Waals surface area (Å²) in [4.78, 5) is 23.0. The minimum absolute atomic E-state index is 0.0214. The standard InChI is InChI=1S/C13H26N2O3/c1-12(2,10(16)14-5)8-7-9-18-13(3,4)11(17)15-6/h7-9H2,1-6H3,(H,14,16)(H,15,17). The van der Waals surface area contributed by atoms with E-state index in [2.05, 4.69) is 10.6 Å². The molecule has 5 nitrogen and oxygen atoms in total. The molecule has 0 saturated carbocycles. The van der Waals surface area contributed by atoms with E-state index in [-0.39, 0.29) is 11.8 Å². The van der Waals surface area contributed by atoms with Crippen molar-refractivity contribution in [3.05, 3.63) is 0 Å². The van der Waals surface area contributed by atoms with Gasteiger partial charge in [-0.3, -0.25) is 9.59 Å². The van der Waals surface area contributed by atoms with Gasteiger partial charge in [-0.1, -0.05) is 13.8 Å². The molecule has 0 saturated heterocycles. The van der Waals surface area contributed by atoms with Crippen molar-refractivity contribution < 1.29 is 14.3 Å². The lowest BCUT2D eigenvalue weighted by molar-refractivity contribution is -0.143. The fourth-order valence-corrected chi connectivity index (χ4v) is 1.66. The Balaban J connectivity index is 4.08. The molecular weight excluding hydrogens is 232 g/mol. The number of nitrogens with one attached hydrogen (secondary N) is 2. The maximum atomic E-state index is 11.6. The summed E-state index contributed by atoms with van der Waals surface area (Å²) in [7, 11) is 3.22. The summed E-state index contributed by atoms with van der Waals surface area (Å²) in [5, 5.41) is 5.21. The summed E-state index contributed by atoms with van der Waals surface area (Å²) in [5.41, 5.74) is -1.23. The van der Waals surface area contributed by atoms with Gasteiger partial charge in [0.2, 0.25) is 5.91 Å². The van der Waals surface area contributed by atoms with Gasteiger partial charge < -0.3 is 15.4 Å². The van der Waals surface area contributed by atoms with Crippen LogP contribution in [0.2, 0.25) is 0 Å². The number of rotatable bonds is 7. The zero-order chi connectivity index (χ0) is 14.4. The van der Waals surface area contributed by atoms with Crippen molar-refractivity contribution in [3.63, 3.8) is 0 Å². The van der Waals surface area contributed by atoms with Crippen LogP contribution in [0.4, 0.5) is 0 Å². The smallest absolute Gasteiger partial charge is 0.251 e. The monoisotopic (exact) mass is 258 g/mol. The zero-order valence-electron chi connectivity index (χ0n) is 12.3. The van der Waals surface area contributed by atoms with E-state index in [1.54, 1.807) is 27.9 Å². The highest BCUT2D eigenvalue weighted by Crippen LogP contribution is 2.23. The van der Waals surface area contributed by atoms with E-state index in [4.69, 9.17) is 4.74 Å². The molecule has 5 heteroatoms. The Hall–Kier alpha value is -1.10. The Bertz CT molecular complexity index is 269. The molecule has 0 aromatic carbocycles. The highest BCUT2D eigenvalue weighted by molar-refractivity contribution is 5.84. The molecule has 0 rings (SSSR count). The van der Waals surface area contributed by atoms with Crippen LogP contribution < -0.4 is 10.6 Å². The van der Waals surface area contributed by atoms with Crippen LogP contribution in [0.15, 0.2) is 0 Å². The SMILES string of the molecule is CNC(=O)C(C)(C)CCCOC(C)(C)C(=O)NC. The molecule has 0 aliphatic carbocycles. The van der Waals surface area contributed by atoms with Crippen LogP contribution in [0.25, 0.3) is 0 Å². The van der Waals surface area contributed by atoms with Crippen molar-refractivity contribution in [1.82, 2.24) is 10.6 Å². The summed E-state index contributed by atoms with van der Waals surface area (Å²) < 4.78 is 5.55. The van der Waals surface area contributed by atoms with Crippen molar-refractivity contribution in [3.8, 4) is 0 Å². The number of ether oxygens (including phenoxy) is 1. The van der Waals surface area contributed by atoms with Gasteiger partial charge in [-0.15, -0.1) is 0 Å². The quantitative estimate of drug-likeness (QED) is 0.671. The zero-order valence-corrected chi connectivity index (χ0v) is 12.3. The maximum absolute atomic E-state index is 11.6. The predicted octanol–water partition coefficient (Wildman–Crippen LogP) is 1.08. The third-order valence-corrected chi connectivity index (χ3v) is 3.02. The molecule has 0 radical (unpaired) electrons. The molecule has 0 aromatic rings. The Morgan fingerprint density at radius 3 is 1.94 bits per heavy atom. The first-order valence-electron chi connectivity index (χ1n) is 6.25. The first kappa shape index (κ1) is 16.9. The Labute approximate surface area is 110 Å². The molecule has 0 bridgehead atoms. The van der Waals surface area contributed by atoms with Gasteiger partial charge in [0.15, 0.2) is 0 Å². The fraction of sp³-hybridized carbons (Fsp3) is 0.846. The number of amides is 2. The van der Waals surface area contributed by atoms with Gasteiger partial charge in [0.1, 0.15) is 5.60 Å². The lowest BCUT2D eigenvalue weighted by Gasteiger charge is -2.25. The molecule has 18 heavy (non-hydrogen) atoms. The molecule has 0 fully saturated rings. The molecule has 2 N–H and O–H groups in total. The first-order valence-corrected chi connectivity index (χ1v) is 6.25. The average molecular weight is 258 g/mol. The Morgan fingerprint density at radius 1 is 1.00 bits per heavy atom. The third kappa shape index (κ3) is 5.04. The highest BCUT2D eigenvalue weighted by atomic mass is 16.5. The lowest BCUT2D eigenvalue weighted by atomic mass is 9.87. The number of likely N-dealkylation sites (N-methyl/N-ethyl adjacent to an activating group) is 1. The van der Waals surface area contributed by atoms with E-state index in [0.717, 1.165) is 12.8 Å². The van der Waals surface area contributed by atoms with Crippen LogP contribution in [0, 0.1) is 5.41 Å². The highest BCUT2D eigenvalue weighted by Gasteiger charge is 2.29. The van der Waals surface area contributed by atoms with Crippen LogP contribution in [0.3, 0.4) is 0 Å². The van der Waals surface area contributed by atoms with Crippen molar-refractivity contribution in [1.29, 1.82) is 0 Å². The second-order valence-electron chi connectivity index (χ2n) is 5.50. The average Bonchev–Trinajstić information content (AvgIpc) is 2.32. The molecule has 0 aromatic heterocycles. The van der Waals surface area contributed by atoms with Gasteiger partial charge in [0.05, 0.1) is 0 Å². The van der Waals surface area contributed by atoms with E-state index >= 15 is 0 Å². The van der Waals surface area contributed by atoms with E-state index in [1.807, 2.05) is 13.8 Å². The van der Waals surface area contributed by atoms with Crippen molar-refractivity contribution in [2.45, 2.75) is 46.1 Å².